The average molecular weight is 280 g/mol. The third-order valence-corrected chi connectivity index (χ3v) is 4.67. The molecule has 19 heavy (non-hydrogen) atoms. The molecule has 1 aromatic rings. The zero-order valence-electron chi connectivity index (χ0n) is 11.8. The lowest BCUT2D eigenvalue weighted by atomic mass is 10.0. The van der Waals surface area contributed by atoms with Crippen LogP contribution in [0.5, 0.6) is 0 Å². The van der Waals surface area contributed by atoms with Crippen LogP contribution >= 0.6 is 11.3 Å². The van der Waals surface area contributed by atoms with Gasteiger partial charge in [0.05, 0.1) is 6.54 Å². The van der Waals surface area contributed by atoms with Gasteiger partial charge in [-0.3, -0.25) is 4.79 Å². The van der Waals surface area contributed by atoms with Gasteiger partial charge in [0.1, 0.15) is 0 Å². The fourth-order valence-corrected chi connectivity index (χ4v) is 3.66. The molecule has 1 amide bonds. The maximum Gasteiger partial charge on any atom is 0.234 e. The van der Waals surface area contributed by atoms with Crippen molar-refractivity contribution in [2.24, 2.45) is 5.92 Å². The van der Waals surface area contributed by atoms with E-state index in [-0.39, 0.29) is 11.9 Å². The highest BCUT2D eigenvalue weighted by Gasteiger charge is 2.20. The predicted molar refractivity (Wildman–Crippen MR) is 80.3 cm³/mol. The van der Waals surface area contributed by atoms with Crippen LogP contribution in [0.4, 0.5) is 0 Å². The van der Waals surface area contributed by atoms with Gasteiger partial charge in [0, 0.05) is 17.0 Å². The number of hydrogen-bond acceptors (Lipinski definition) is 3. The predicted octanol–water partition coefficient (Wildman–Crippen LogP) is 3.09. The molecular weight excluding hydrogens is 256 g/mol. The standard InChI is InChI=1S/C15H24N2OS/c1-11(2)15(13-8-5-9-19-13)16-10-14(18)17-12-6-3-4-7-12/h5,8-9,11-12,15-16H,3-4,6-7,10H2,1-2H3,(H,17,18). The van der Waals surface area contributed by atoms with E-state index >= 15 is 0 Å². The first-order valence-electron chi connectivity index (χ1n) is 7.23. The van der Waals surface area contributed by atoms with Gasteiger partial charge in [0.2, 0.25) is 5.91 Å². The Morgan fingerprint density at radius 3 is 2.74 bits per heavy atom. The summed E-state index contributed by atoms with van der Waals surface area (Å²) in [7, 11) is 0. The van der Waals surface area contributed by atoms with Gasteiger partial charge in [-0.05, 0) is 30.2 Å². The van der Waals surface area contributed by atoms with Gasteiger partial charge in [-0.25, -0.2) is 0 Å². The number of carbonyl (C=O) groups is 1. The molecule has 2 rings (SSSR count). The first-order chi connectivity index (χ1) is 9.16. The second-order valence-corrected chi connectivity index (χ2v) is 6.65. The van der Waals surface area contributed by atoms with E-state index in [9.17, 15) is 4.79 Å². The summed E-state index contributed by atoms with van der Waals surface area (Å²) in [6.07, 6.45) is 4.79. The monoisotopic (exact) mass is 280 g/mol. The van der Waals surface area contributed by atoms with Crippen molar-refractivity contribution in [2.75, 3.05) is 6.54 Å². The molecule has 1 fully saturated rings. The average Bonchev–Trinajstić information content (AvgIpc) is 3.01. The van der Waals surface area contributed by atoms with Gasteiger partial charge in [-0.1, -0.05) is 32.8 Å². The number of nitrogens with one attached hydrogen (secondary N) is 2. The molecule has 106 valence electrons. The quantitative estimate of drug-likeness (QED) is 0.840. The molecule has 2 N–H and O–H groups in total. The molecule has 1 heterocycles. The van der Waals surface area contributed by atoms with Gasteiger partial charge in [0.15, 0.2) is 0 Å². The normalized spacial score (nSPS) is 17.8. The number of rotatable bonds is 6. The highest BCUT2D eigenvalue weighted by Crippen LogP contribution is 2.25. The molecule has 1 aromatic heterocycles. The van der Waals surface area contributed by atoms with Crippen LogP contribution in [0.1, 0.15) is 50.4 Å². The highest BCUT2D eigenvalue weighted by molar-refractivity contribution is 7.10. The molecule has 1 aliphatic carbocycles. The van der Waals surface area contributed by atoms with Crippen LogP contribution in [0.25, 0.3) is 0 Å². The Morgan fingerprint density at radius 1 is 1.42 bits per heavy atom. The molecular formula is C15H24N2OS. The minimum atomic E-state index is 0.133. The lowest BCUT2D eigenvalue weighted by molar-refractivity contribution is -0.121. The molecule has 4 heteroatoms. The maximum atomic E-state index is 11.9. The summed E-state index contributed by atoms with van der Waals surface area (Å²) in [6, 6.07) is 4.88. The van der Waals surface area contributed by atoms with E-state index in [4.69, 9.17) is 0 Å². The minimum Gasteiger partial charge on any atom is -0.352 e. The van der Waals surface area contributed by atoms with Crippen LogP contribution in [-0.4, -0.2) is 18.5 Å². The van der Waals surface area contributed by atoms with Crippen LogP contribution in [-0.2, 0) is 4.79 Å². The van der Waals surface area contributed by atoms with E-state index < -0.39 is 0 Å². The highest BCUT2D eigenvalue weighted by atomic mass is 32.1. The van der Waals surface area contributed by atoms with Gasteiger partial charge < -0.3 is 10.6 Å². The van der Waals surface area contributed by atoms with E-state index in [1.165, 1.54) is 17.7 Å². The lowest BCUT2D eigenvalue weighted by Gasteiger charge is -2.21. The Hall–Kier alpha value is -0.870. The van der Waals surface area contributed by atoms with E-state index in [1.807, 2.05) is 0 Å². The zero-order chi connectivity index (χ0) is 13.7. The maximum absolute atomic E-state index is 11.9. The summed E-state index contributed by atoms with van der Waals surface area (Å²) in [6.45, 7) is 4.79. The molecule has 0 saturated heterocycles. The largest absolute Gasteiger partial charge is 0.352 e. The SMILES string of the molecule is CC(C)C(NCC(=O)NC1CCCC1)c1cccs1. The Labute approximate surface area is 119 Å². The summed E-state index contributed by atoms with van der Waals surface area (Å²) >= 11 is 1.75. The van der Waals surface area contributed by atoms with Crippen molar-refractivity contribution in [3.8, 4) is 0 Å². The first kappa shape index (κ1) is 14.5. The molecule has 0 aromatic carbocycles. The Kier molecular flexibility index (Phi) is 5.40. The molecule has 1 saturated carbocycles. The first-order valence-corrected chi connectivity index (χ1v) is 8.11. The molecule has 0 aliphatic heterocycles. The number of thiophene rings is 1. The van der Waals surface area contributed by atoms with Crippen molar-refractivity contribution in [3.63, 3.8) is 0 Å². The van der Waals surface area contributed by atoms with Crippen LogP contribution in [0, 0.1) is 5.92 Å². The summed E-state index contributed by atoms with van der Waals surface area (Å²) in [5.74, 6) is 0.618. The molecule has 3 nitrogen and oxygen atoms in total. The van der Waals surface area contributed by atoms with E-state index in [0.29, 0.717) is 18.5 Å². The van der Waals surface area contributed by atoms with E-state index in [1.54, 1.807) is 11.3 Å². The third-order valence-electron chi connectivity index (χ3n) is 3.72. The van der Waals surface area contributed by atoms with Crippen LogP contribution in [0.3, 0.4) is 0 Å². The van der Waals surface area contributed by atoms with Crippen molar-refractivity contribution in [3.05, 3.63) is 22.4 Å². The molecule has 1 unspecified atom stereocenters. The van der Waals surface area contributed by atoms with Gasteiger partial charge in [0.25, 0.3) is 0 Å². The Morgan fingerprint density at radius 2 is 2.16 bits per heavy atom. The molecule has 0 spiro atoms. The van der Waals surface area contributed by atoms with Crippen molar-refractivity contribution >= 4 is 17.2 Å². The van der Waals surface area contributed by atoms with Crippen LogP contribution in [0.15, 0.2) is 17.5 Å². The van der Waals surface area contributed by atoms with Crippen LogP contribution < -0.4 is 10.6 Å². The second-order valence-electron chi connectivity index (χ2n) is 5.67. The molecule has 0 radical (unpaired) electrons. The lowest BCUT2D eigenvalue weighted by Crippen LogP contribution is -2.40. The minimum absolute atomic E-state index is 0.133. The molecule has 0 bridgehead atoms. The van der Waals surface area contributed by atoms with Crippen molar-refractivity contribution in [1.82, 2.24) is 10.6 Å². The van der Waals surface area contributed by atoms with Gasteiger partial charge >= 0.3 is 0 Å². The number of amides is 1. The fourth-order valence-electron chi connectivity index (χ4n) is 2.68. The summed E-state index contributed by atoms with van der Waals surface area (Å²) in [5.41, 5.74) is 0. The Bertz CT molecular complexity index is 383. The van der Waals surface area contributed by atoms with Crippen molar-refractivity contribution in [1.29, 1.82) is 0 Å². The fraction of sp³-hybridized carbons (Fsp3) is 0.667. The summed E-state index contributed by atoms with van der Waals surface area (Å²) < 4.78 is 0. The summed E-state index contributed by atoms with van der Waals surface area (Å²) in [4.78, 5) is 13.2. The summed E-state index contributed by atoms with van der Waals surface area (Å²) in [5, 5.41) is 8.60. The van der Waals surface area contributed by atoms with E-state index in [0.717, 1.165) is 12.8 Å². The van der Waals surface area contributed by atoms with Crippen molar-refractivity contribution in [2.45, 2.75) is 51.6 Å². The Balaban J connectivity index is 1.80. The zero-order valence-corrected chi connectivity index (χ0v) is 12.6. The second kappa shape index (κ2) is 7.06. The molecule has 1 atom stereocenters. The number of hydrogen-bond donors (Lipinski definition) is 2. The third kappa shape index (κ3) is 4.32. The van der Waals surface area contributed by atoms with Gasteiger partial charge in [-0.15, -0.1) is 11.3 Å². The smallest absolute Gasteiger partial charge is 0.234 e. The van der Waals surface area contributed by atoms with Crippen LogP contribution in [0.2, 0.25) is 0 Å². The van der Waals surface area contributed by atoms with Crippen molar-refractivity contribution < 1.29 is 4.79 Å². The van der Waals surface area contributed by atoms with E-state index in [2.05, 4.69) is 42.0 Å². The number of carbonyl (C=O) groups excluding carboxylic acids is 1. The topological polar surface area (TPSA) is 41.1 Å². The van der Waals surface area contributed by atoms with Gasteiger partial charge in [-0.2, -0.15) is 0 Å². The molecule has 1 aliphatic rings.